The summed E-state index contributed by atoms with van der Waals surface area (Å²) in [4.78, 5) is 27.6. The maximum Gasteiger partial charge on any atom is 0.309 e. The van der Waals surface area contributed by atoms with Crippen molar-refractivity contribution in [2.45, 2.75) is 82.8 Å². The number of carbonyl (C=O) groups excluding carboxylic acids is 2. The van der Waals surface area contributed by atoms with Gasteiger partial charge < -0.3 is 20.7 Å². The molecule has 35 heavy (non-hydrogen) atoms. The van der Waals surface area contributed by atoms with Gasteiger partial charge >= 0.3 is 5.97 Å². The molecular weight excluding hydrogens is 487 g/mol. The van der Waals surface area contributed by atoms with Gasteiger partial charge in [0, 0.05) is 36.3 Å². The number of halogens is 2. The summed E-state index contributed by atoms with van der Waals surface area (Å²) in [5, 5.41) is 10.8. The number of piperidine rings is 1. The predicted octanol–water partition coefficient (Wildman–Crippen LogP) is 4.58. The van der Waals surface area contributed by atoms with E-state index in [-0.39, 0.29) is 66.5 Å². The van der Waals surface area contributed by atoms with Crippen LogP contribution in [-0.4, -0.2) is 42.9 Å². The number of amidine groups is 1. The van der Waals surface area contributed by atoms with Crippen molar-refractivity contribution in [3.05, 3.63) is 29.8 Å². The SMILES string of the molecule is Cl.Cl.N=C(N)c1ccc(N2CCC(C(=O)N[C@H]3CC[C@H](C(=O)OC4CCCCC4)CC3)CC2)cc1. The fraction of sp³-hybridized carbons (Fsp3) is 0.654. The predicted molar refractivity (Wildman–Crippen MR) is 144 cm³/mol. The molecule has 0 unspecified atom stereocenters. The zero-order chi connectivity index (χ0) is 23.2. The van der Waals surface area contributed by atoms with Crippen LogP contribution in [0.15, 0.2) is 24.3 Å². The van der Waals surface area contributed by atoms with Gasteiger partial charge in [0.05, 0.1) is 5.92 Å². The summed E-state index contributed by atoms with van der Waals surface area (Å²) in [6.07, 6.45) is 10.8. The molecule has 1 aliphatic heterocycles. The molecular formula is C26H40Cl2N4O3. The van der Waals surface area contributed by atoms with Crippen LogP contribution in [0.1, 0.15) is 76.2 Å². The quantitative estimate of drug-likeness (QED) is 0.285. The molecule has 4 N–H and O–H groups in total. The normalized spacial score (nSPS) is 23.4. The van der Waals surface area contributed by atoms with E-state index in [1.54, 1.807) is 0 Å². The first kappa shape index (κ1) is 29.2. The molecule has 2 aliphatic carbocycles. The monoisotopic (exact) mass is 526 g/mol. The van der Waals surface area contributed by atoms with Gasteiger partial charge in [-0.25, -0.2) is 0 Å². The molecule has 2 saturated carbocycles. The maximum absolute atomic E-state index is 12.8. The standard InChI is InChI=1S/C26H38N4O3.2ClH/c27-24(28)18-8-12-22(13-9-18)30-16-14-19(15-17-30)25(31)29-21-10-6-20(7-11-21)26(32)33-23-4-2-1-3-5-23;;/h8-9,12-13,19-21,23H,1-7,10-11,14-17H2,(H3,27,28)(H,29,31);2*1H/t20-,21-;;. The summed E-state index contributed by atoms with van der Waals surface area (Å²) in [5.74, 6) is 0.265. The average molecular weight is 528 g/mol. The van der Waals surface area contributed by atoms with E-state index in [1.807, 2.05) is 24.3 Å². The number of esters is 1. The highest BCUT2D eigenvalue weighted by Crippen LogP contribution is 2.29. The molecule has 0 radical (unpaired) electrons. The lowest BCUT2D eigenvalue weighted by Crippen LogP contribution is -2.45. The minimum absolute atomic E-state index is 0. The Balaban J connectivity index is 0.00000216. The highest BCUT2D eigenvalue weighted by molar-refractivity contribution is 5.95. The Kier molecular flexibility index (Phi) is 11.6. The van der Waals surface area contributed by atoms with Crippen LogP contribution in [0.3, 0.4) is 0 Å². The Labute approximate surface area is 221 Å². The third-order valence-corrected chi connectivity index (χ3v) is 7.65. The smallest absolute Gasteiger partial charge is 0.309 e. The molecule has 1 aromatic rings. The molecule has 7 nitrogen and oxygen atoms in total. The number of hydrogen-bond acceptors (Lipinski definition) is 5. The topological polar surface area (TPSA) is 109 Å². The fourth-order valence-electron chi connectivity index (χ4n) is 5.49. The summed E-state index contributed by atoms with van der Waals surface area (Å²) >= 11 is 0. The molecule has 1 saturated heterocycles. The van der Waals surface area contributed by atoms with Gasteiger partial charge in [0.1, 0.15) is 11.9 Å². The van der Waals surface area contributed by atoms with Gasteiger partial charge in [-0.3, -0.25) is 15.0 Å². The molecule has 9 heteroatoms. The molecule has 1 aromatic carbocycles. The van der Waals surface area contributed by atoms with Gasteiger partial charge in [-0.15, -0.1) is 24.8 Å². The highest BCUT2D eigenvalue weighted by Gasteiger charge is 2.32. The molecule has 3 aliphatic rings. The van der Waals surface area contributed by atoms with E-state index in [4.69, 9.17) is 15.9 Å². The number of amides is 1. The zero-order valence-corrected chi connectivity index (χ0v) is 22.0. The second-order valence-electron chi connectivity index (χ2n) is 9.98. The van der Waals surface area contributed by atoms with Crippen molar-refractivity contribution in [2.75, 3.05) is 18.0 Å². The highest BCUT2D eigenvalue weighted by atomic mass is 35.5. The minimum Gasteiger partial charge on any atom is -0.462 e. The van der Waals surface area contributed by atoms with Crippen molar-refractivity contribution in [2.24, 2.45) is 17.6 Å². The second kappa shape index (κ2) is 13.9. The molecule has 0 atom stereocenters. The van der Waals surface area contributed by atoms with E-state index in [0.29, 0.717) is 0 Å². The Morgan fingerprint density at radius 1 is 0.857 bits per heavy atom. The lowest BCUT2D eigenvalue weighted by molar-refractivity contribution is -0.156. The van der Waals surface area contributed by atoms with Gasteiger partial charge in [0.25, 0.3) is 0 Å². The van der Waals surface area contributed by atoms with Crippen LogP contribution in [0.2, 0.25) is 0 Å². The summed E-state index contributed by atoms with van der Waals surface area (Å²) in [6, 6.07) is 7.91. The number of benzene rings is 1. The lowest BCUT2D eigenvalue weighted by Gasteiger charge is -2.35. The van der Waals surface area contributed by atoms with Crippen molar-refractivity contribution in [3.63, 3.8) is 0 Å². The number of hydrogen-bond donors (Lipinski definition) is 3. The number of nitrogen functional groups attached to an aromatic ring is 1. The van der Waals surface area contributed by atoms with Crippen LogP contribution in [0.25, 0.3) is 0 Å². The van der Waals surface area contributed by atoms with Crippen LogP contribution in [0.5, 0.6) is 0 Å². The number of rotatable bonds is 6. The minimum atomic E-state index is -0.0182. The maximum atomic E-state index is 12.8. The first-order valence-corrected chi connectivity index (χ1v) is 12.7. The largest absolute Gasteiger partial charge is 0.462 e. The van der Waals surface area contributed by atoms with Gasteiger partial charge in [0.15, 0.2) is 0 Å². The van der Waals surface area contributed by atoms with E-state index in [2.05, 4.69) is 10.2 Å². The number of carbonyl (C=O) groups is 2. The number of nitrogens with zero attached hydrogens (tertiary/aromatic N) is 1. The van der Waals surface area contributed by atoms with Crippen LogP contribution in [-0.2, 0) is 14.3 Å². The molecule has 1 heterocycles. The Bertz CT molecular complexity index is 830. The number of anilines is 1. The van der Waals surface area contributed by atoms with Crippen molar-refractivity contribution < 1.29 is 14.3 Å². The first-order valence-electron chi connectivity index (χ1n) is 12.7. The Morgan fingerprint density at radius 2 is 1.46 bits per heavy atom. The van der Waals surface area contributed by atoms with Crippen LogP contribution >= 0.6 is 24.8 Å². The molecule has 1 amide bonds. The van der Waals surface area contributed by atoms with Crippen LogP contribution in [0, 0.1) is 17.2 Å². The third kappa shape index (κ3) is 8.01. The summed E-state index contributed by atoms with van der Waals surface area (Å²) in [6.45, 7) is 1.69. The Morgan fingerprint density at radius 3 is 2.03 bits per heavy atom. The lowest BCUT2D eigenvalue weighted by atomic mass is 9.85. The molecule has 0 aromatic heterocycles. The summed E-state index contributed by atoms with van der Waals surface area (Å²) < 4.78 is 5.76. The molecule has 196 valence electrons. The van der Waals surface area contributed by atoms with E-state index in [9.17, 15) is 9.59 Å². The number of nitrogens with two attached hydrogens (primary N) is 1. The van der Waals surface area contributed by atoms with E-state index >= 15 is 0 Å². The van der Waals surface area contributed by atoms with Gasteiger partial charge in [-0.1, -0.05) is 6.42 Å². The summed E-state index contributed by atoms with van der Waals surface area (Å²) in [5.41, 5.74) is 7.37. The second-order valence-corrected chi connectivity index (χ2v) is 9.98. The van der Waals surface area contributed by atoms with Crippen molar-refractivity contribution >= 4 is 48.2 Å². The molecule has 3 fully saturated rings. The summed E-state index contributed by atoms with van der Waals surface area (Å²) in [7, 11) is 0. The number of ether oxygens (including phenoxy) is 1. The third-order valence-electron chi connectivity index (χ3n) is 7.65. The van der Waals surface area contributed by atoms with Crippen molar-refractivity contribution in [3.8, 4) is 0 Å². The van der Waals surface area contributed by atoms with E-state index in [0.717, 1.165) is 75.7 Å². The van der Waals surface area contributed by atoms with Crippen LogP contribution < -0.4 is 16.0 Å². The van der Waals surface area contributed by atoms with Crippen molar-refractivity contribution in [1.29, 1.82) is 5.41 Å². The van der Waals surface area contributed by atoms with Crippen LogP contribution in [0.4, 0.5) is 5.69 Å². The fourth-order valence-corrected chi connectivity index (χ4v) is 5.49. The van der Waals surface area contributed by atoms with Gasteiger partial charge in [0.2, 0.25) is 5.91 Å². The first-order chi connectivity index (χ1) is 16.0. The van der Waals surface area contributed by atoms with Gasteiger partial charge in [-0.2, -0.15) is 0 Å². The zero-order valence-electron chi connectivity index (χ0n) is 20.4. The average Bonchev–Trinajstić information content (AvgIpc) is 2.85. The Hall–Kier alpha value is -1.99. The van der Waals surface area contributed by atoms with E-state index in [1.165, 1.54) is 19.3 Å². The molecule has 0 bridgehead atoms. The van der Waals surface area contributed by atoms with Gasteiger partial charge in [-0.05, 0) is 88.5 Å². The molecule has 4 rings (SSSR count). The number of nitrogens with one attached hydrogen (secondary N) is 2. The molecule has 0 spiro atoms. The van der Waals surface area contributed by atoms with Crippen molar-refractivity contribution in [1.82, 2.24) is 5.32 Å². The van der Waals surface area contributed by atoms with E-state index < -0.39 is 0 Å².